The molecule has 2 aromatic rings. The van der Waals surface area contributed by atoms with Crippen LogP contribution < -0.4 is 14.2 Å². The Balaban J connectivity index is 2.10. The zero-order valence-corrected chi connectivity index (χ0v) is 16.5. The lowest BCUT2D eigenvalue weighted by Gasteiger charge is -2.12. The number of alkyl halides is 3. The first-order chi connectivity index (χ1) is 13.7. The quantitative estimate of drug-likeness (QED) is 0.619. The Morgan fingerprint density at radius 3 is 2.40 bits per heavy atom. The highest BCUT2D eigenvalue weighted by atomic mass is 35.5. The molecule has 1 aromatic carbocycles. The molecule has 30 heavy (non-hydrogen) atoms. The molecule has 0 aliphatic rings. The molecule has 1 aromatic heterocycles. The second-order valence-corrected chi connectivity index (χ2v) is 7.93. The minimum Gasteiger partial charge on any atom is -0.487 e. The molecule has 0 spiro atoms. The zero-order chi connectivity index (χ0) is 22.7. The summed E-state index contributed by atoms with van der Waals surface area (Å²) in [6.45, 7) is -2.17. The number of nitrogens with one attached hydrogen (secondary N) is 1. The molecule has 0 radical (unpaired) electrons. The Bertz CT molecular complexity index is 1060. The minimum atomic E-state index is -4.59. The van der Waals surface area contributed by atoms with Gasteiger partial charge in [0.25, 0.3) is 5.91 Å². The Morgan fingerprint density at radius 1 is 1.17 bits per heavy atom. The Kier molecular flexibility index (Phi) is 7.08. The summed E-state index contributed by atoms with van der Waals surface area (Å²) in [5, 5.41) is -0.309. The van der Waals surface area contributed by atoms with Crippen molar-refractivity contribution in [3.05, 3.63) is 52.2 Å². The van der Waals surface area contributed by atoms with E-state index < -0.39 is 58.4 Å². The third-order valence-corrected chi connectivity index (χ3v) is 4.03. The third kappa shape index (κ3) is 6.99. The molecule has 2 rings (SSSR count). The van der Waals surface area contributed by atoms with E-state index >= 15 is 0 Å². The van der Waals surface area contributed by atoms with Crippen molar-refractivity contribution >= 4 is 27.5 Å². The maximum Gasteiger partial charge on any atom is 0.422 e. The van der Waals surface area contributed by atoms with Gasteiger partial charge in [-0.2, -0.15) is 13.2 Å². The molecule has 0 saturated heterocycles. The van der Waals surface area contributed by atoms with Crippen molar-refractivity contribution in [1.29, 1.82) is 0 Å². The number of ether oxygens (including phenoxy) is 2. The van der Waals surface area contributed by atoms with E-state index in [9.17, 15) is 35.2 Å². The normalized spacial score (nSPS) is 11.8. The molecule has 14 heteroatoms. The topological polar surface area (TPSA) is 94.6 Å². The number of nitrogens with zero attached hydrogens (tertiary/aromatic N) is 1. The van der Waals surface area contributed by atoms with Gasteiger partial charge in [-0.05, 0) is 12.1 Å². The van der Waals surface area contributed by atoms with Crippen molar-refractivity contribution in [1.82, 2.24) is 9.71 Å². The van der Waals surface area contributed by atoms with Gasteiger partial charge in [0, 0.05) is 11.6 Å². The van der Waals surface area contributed by atoms with Crippen LogP contribution in [0.5, 0.6) is 11.6 Å². The van der Waals surface area contributed by atoms with E-state index in [2.05, 4.69) is 9.72 Å². The predicted octanol–water partition coefficient (Wildman–Crippen LogP) is 3.22. The molecule has 0 atom stereocenters. The van der Waals surface area contributed by atoms with E-state index in [1.807, 2.05) is 0 Å². The Hall–Kier alpha value is -2.67. The molecule has 0 aliphatic carbocycles. The summed E-state index contributed by atoms with van der Waals surface area (Å²) in [5.74, 6) is -4.22. The number of carbonyl (C=O) groups is 1. The molecule has 1 heterocycles. The highest BCUT2D eigenvalue weighted by Crippen LogP contribution is 2.28. The van der Waals surface area contributed by atoms with Crippen LogP contribution in [0.25, 0.3) is 0 Å². The van der Waals surface area contributed by atoms with Crippen LogP contribution in [0.4, 0.5) is 22.0 Å². The van der Waals surface area contributed by atoms with E-state index in [0.717, 1.165) is 12.3 Å². The van der Waals surface area contributed by atoms with Gasteiger partial charge in [-0.3, -0.25) is 4.79 Å². The number of amides is 1. The number of hydrogen-bond donors (Lipinski definition) is 1. The zero-order valence-electron chi connectivity index (χ0n) is 14.9. The van der Waals surface area contributed by atoms with Crippen LogP contribution in [0.3, 0.4) is 0 Å². The Morgan fingerprint density at radius 2 is 1.83 bits per heavy atom. The fourth-order valence-corrected chi connectivity index (χ4v) is 2.66. The largest absolute Gasteiger partial charge is 0.487 e. The molecule has 164 valence electrons. The number of sulfonamides is 1. The standard InChI is InChI=1S/C16H12ClF5N2O5S/c1-30(26,27)24-14(25)10-4-12(18)8(2-13(10)19)6-28-9-3-11(17)15(23-5-9)29-7-16(20,21)22/h2-5H,6-7H2,1H3,(H,24,25). The van der Waals surface area contributed by atoms with Crippen molar-refractivity contribution in [2.75, 3.05) is 12.9 Å². The van der Waals surface area contributed by atoms with Gasteiger partial charge in [0.05, 0.1) is 18.0 Å². The van der Waals surface area contributed by atoms with Crippen LogP contribution in [-0.2, 0) is 16.6 Å². The number of benzene rings is 1. The van der Waals surface area contributed by atoms with Crippen molar-refractivity contribution in [3.63, 3.8) is 0 Å². The molecule has 0 unspecified atom stereocenters. The molecule has 0 bridgehead atoms. The molecular weight excluding hydrogens is 463 g/mol. The van der Waals surface area contributed by atoms with E-state index in [4.69, 9.17) is 16.3 Å². The number of hydrogen-bond acceptors (Lipinski definition) is 6. The van der Waals surface area contributed by atoms with Crippen LogP contribution in [0, 0.1) is 11.6 Å². The summed E-state index contributed by atoms with van der Waals surface area (Å²) < 4.78 is 97.8. The highest BCUT2D eigenvalue weighted by molar-refractivity contribution is 7.89. The van der Waals surface area contributed by atoms with Gasteiger partial charge in [0.15, 0.2) is 6.61 Å². The average Bonchev–Trinajstić information content (AvgIpc) is 2.59. The second kappa shape index (κ2) is 9.00. The van der Waals surface area contributed by atoms with Crippen molar-refractivity contribution < 1.29 is 44.6 Å². The lowest BCUT2D eigenvalue weighted by atomic mass is 10.1. The summed E-state index contributed by atoms with van der Waals surface area (Å²) in [4.78, 5) is 15.2. The van der Waals surface area contributed by atoms with E-state index in [1.165, 1.54) is 4.72 Å². The first kappa shape index (κ1) is 23.6. The SMILES string of the molecule is CS(=O)(=O)NC(=O)c1cc(F)c(COc2cnc(OCC(F)(F)F)c(Cl)c2)cc1F. The minimum absolute atomic E-state index is 0.0851. The molecular formula is C16H12ClF5N2O5S. The monoisotopic (exact) mass is 474 g/mol. The van der Waals surface area contributed by atoms with Gasteiger partial charge in [-0.25, -0.2) is 26.9 Å². The summed E-state index contributed by atoms with van der Waals surface area (Å²) >= 11 is 5.74. The summed E-state index contributed by atoms with van der Waals surface area (Å²) in [7, 11) is -3.98. The smallest absolute Gasteiger partial charge is 0.422 e. The predicted molar refractivity (Wildman–Crippen MR) is 93.8 cm³/mol. The molecule has 0 saturated carbocycles. The summed E-state index contributed by atoms with van der Waals surface area (Å²) in [6.07, 6.45) is -2.97. The lowest BCUT2D eigenvalue weighted by Crippen LogP contribution is -2.30. The Labute approximate surface area is 171 Å². The lowest BCUT2D eigenvalue weighted by molar-refractivity contribution is -0.154. The van der Waals surface area contributed by atoms with Gasteiger partial charge in [-0.15, -0.1) is 0 Å². The van der Waals surface area contributed by atoms with E-state index in [-0.39, 0.29) is 16.3 Å². The van der Waals surface area contributed by atoms with Crippen LogP contribution in [0.1, 0.15) is 15.9 Å². The van der Waals surface area contributed by atoms with Crippen LogP contribution in [0.2, 0.25) is 5.02 Å². The maximum atomic E-state index is 14.1. The first-order valence-electron chi connectivity index (χ1n) is 7.73. The van der Waals surface area contributed by atoms with Crippen LogP contribution >= 0.6 is 11.6 Å². The van der Waals surface area contributed by atoms with Crippen LogP contribution in [-0.4, -0.2) is 38.3 Å². The number of aromatic nitrogens is 1. The number of carbonyl (C=O) groups excluding carboxylic acids is 1. The maximum absolute atomic E-state index is 14.1. The number of rotatable bonds is 7. The average molecular weight is 475 g/mol. The third-order valence-electron chi connectivity index (χ3n) is 3.21. The molecule has 1 amide bonds. The molecule has 0 fully saturated rings. The summed E-state index contributed by atoms with van der Waals surface area (Å²) in [5.41, 5.74) is -1.17. The van der Waals surface area contributed by atoms with Gasteiger partial charge < -0.3 is 9.47 Å². The van der Waals surface area contributed by atoms with Crippen molar-refractivity contribution in [2.24, 2.45) is 0 Å². The van der Waals surface area contributed by atoms with Gasteiger partial charge in [0.1, 0.15) is 29.0 Å². The van der Waals surface area contributed by atoms with Crippen LogP contribution in [0.15, 0.2) is 24.4 Å². The fourth-order valence-electron chi connectivity index (χ4n) is 2.00. The van der Waals surface area contributed by atoms with Crippen molar-refractivity contribution in [3.8, 4) is 11.6 Å². The molecule has 7 nitrogen and oxygen atoms in total. The van der Waals surface area contributed by atoms with Gasteiger partial charge in [0.2, 0.25) is 15.9 Å². The number of pyridine rings is 1. The van der Waals surface area contributed by atoms with Crippen molar-refractivity contribution in [2.45, 2.75) is 12.8 Å². The fraction of sp³-hybridized carbons (Fsp3) is 0.250. The highest BCUT2D eigenvalue weighted by Gasteiger charge is 2.29. The van der Waals surface area contributed by atoms with Gasteiger partial charge in [-0.1, -0.05) is 11.6 Å². The summed E-state index contributed by atoms with van der Waals surface area (Å²) in [6, 6.07) is 2.18. The van der Waals surface area contributed by atoms with E-state index in [1.54, 1.807) is 0 Å². The second-order valence-electron chi connectivity index (χ2n) is 5.78. The molecule has 0 aliphatic heterocycles. The first-order valence-corrected chi connectivity index (χ1v) is 10.00. The number of halogens is 6. The molecule has 1 N–H and O–H groups in total. The van der Waals surface area contributed by atoms with E-state index in [0.29, 0.717) is 18.4 Å². The van der Waals surface area contributed by atoms with Gasteiger partial charge >= 0.3 is 6.18 Å².